The topological polar surface area (TPSA) is 82.2 Å². The maximum absolute atomic E-state index is 13.2. The van der Waals surface area contributed by atoms with Crippen molar-refractivity contribution < 1.29 is 19.1 Å². The molecule has 736 valence electrons. The third kappa shape index (κ3) is 17.8. The van der Waals surface area contributed by atoms with Crippen molar-refractivity contribution in [2.45, 2.75) is 229 Å². The van der Waals surface area contributed by atoms with E-state index in [1.807, 2.05) is 48.5 Å². The highest BCUT2D eigenvalue weighted by Crippen LogP contribution is 2.48. The van der Waals surface area contributed by atoms with E-state index in [1.165, 1.54) is 132 Å². The van der Waals surface area contributed by atoms with Gasteiger partial charge in [-0.15, -0.1) is 0 Å². The average Bonchev–Trinajstić information content (AvgIpc) is 1.57. The summed E-state index contributed by atoms with van der Waals surface area (Å²) in [4.78, 5) is 26.4. The van der Waals surface area contributed by atoms with Gasteiger partial charge in [-0.05, 0) is 315 Å². The Kier molecular flexibility index (Phi) is 23.2. The smallest absolute Gasteiger partial charge is 0.317 e. The molecule has 147 heavy (non-hydrogen) atoms. The molecule has 0 aliphatic rings. The maximum Gasteiger partial charge on any atom is 0.317 e. The van der Waals surface area contributed by atoms with Gasteiger partial charge in [0.05, 0.1) is 66.2 Å². The van der Waals surface area contributed by atoms with E-state index >= 15 is 0 Å². The van der Waals surface area contributed by atoms with Crippen LogP contribution in [0.2, 0.25) is 0 Å². The second kappa shape index (κ2) is 35.3. The molecule has 0 bridgehead atoms. The lowest BCUT2D eigenvalue weighted by Gasteiger charge is -2.19. The Morgan fingerprint density at radius 2 is 0.327 bits per heavy atom. The lowest BCUT2D eigenvalue weighted by molar-refractivity contribution is -0.156. The van der Waals surface area contributed by atoms with Gasteiger partial charge in [0.15, 0.2) is 0 Å². The lowest BCUT2D eigenvalue weighted by Crippen LogP contribution is -2.13. The molecule has 0 aliphatic heterocycles. The first-order valence-electron chi connectivity index (χ1n) is 52.3. The Bertz CT molecular complexity index is 7950. The molecule has 6 aromatic heterocycles. The van der Waals surface area contributed by atoms with Gasteiger partial charge in [0.2, 0.25) is 0 Å². The summed E-state index contributed by atoms with van der Waals surface area (Å²) in [5.74, 6) is -1.30. The van der Waals surface area contributed by atoms with Crippen molar-refractivity contribution in [3.63, 3.8) is 0 Å². The molecule has 0 atom stereocenters. The van der Waals surface area contributed by atoms with Crippen LogP contribution in [0.25, 0.3) is 189 Å². The van der Waals surface area contributed by atoms with E-state index in [2.05, 4.69) is 485 Å². The Hall–Kier alpha value is -15.3. The highest BCUT2D eigenvalue weighted by Gasteiger charge is 2.31. The van der Waals surface area contributed by atoms with Crippen LogP contribution in [0.5, 0.6) is 0 Å². The largest absolute Gasteiger partial charge is 0.460 e. The number of carbonyl (C=O) groups excluding carboxylic acids is 2. The Morgan fingerprint density at radius 3 is 0.497 bits per heavy atom. The third-order valence-electron chi connectivity index (χ3n) is 30.8. The van der Waals surface area contributed by atoms with E-state index in [9.17, 15) is 9.59 Å². The third-order valence-corrected chi connectivity index (χ3v) is 30.8. The summed E-state index contributed by atoms with van der Waals surface area (Å²) in [6.07, 6.45) is 7.96. The predicted molar refractivity (Wildman–Crippen MR) is 623 cm³/mol. The number of fused-ring (bicyclic) bond motifs is 18. The highest BCUT2D eigenvalue weighted by atomic mass is 16.6. The van der Waals surface area contributed by atoms with Crippen molar-refractivity contribution in [1.82, 2.24) is 27.4 Å². The Balaban J connectivity index is 0.483. The van der Waals surface area contributed by atoms with E-state index in [0.717, 1.165) is 111 Å². The van der Waals surface area contributed by atoms with Crippen LogP contribution < -0.4 is 0 Å². The zero-order valence-corrected chi connectivity index (χ0v) is 89.8. The monoisotopic (exact) mass is 1930 g/mol. The fourth-order valence-corrected chi connectivity index (χ4v) is 21.9. The van der Waals surface area contributed by atoms with Crippen molar-refractivity contribution in [3.05, 3.63) is 393 Å². The molecule has 0 spiro atoms. The molecular weight excluding hydrogens is 1790 g/mol. The van der Waals surface area contributed by atoms with Crippen LogP contribution in [0, 0.1) is 0 Å². The molecule has 22 aromatic rings. The lowest BCUT2D eigenvalue weighted by atomic mass is 9.85. The number of benzene rings is 16. The van der Waals surface area contributed by atoms with Crippen LogP contribution in [0.15, 0.2) is 315 Å². The first kappa shape index (κ1) is 96.5. The number of rotatable bonds is 16. The number of carbonyl (C=O) groups is 2. The van der Waals surface area contributed by atoms with E-state index in [1.54, 1.807) is 0 Å². The summed E-state index contributed by atoms with van der Waals surface area (Å²) in [7, 11) is 0. The van der Waals surface area contributed by atoms with E-state index in [-0.39, 0.29) is 56.5 Å². The Morgan fingerprint density at radius 1 is 0.184 bits per heavy atom. The number of nitrogens with zero attached hydrogens (tertiary/aromatic N) is 6. The molecule has 0 saturated heterocycles. The van der Waals surface area contributed by atoms with Gasteiger partial charge in [0.25, 0.3) is 0 Å². The van der Waals surface area contributed by atoms with Crippen LogP contribution in [-0.4, -0.2) is 39.3 Å². The van der Waals surface area contributed by atoms with Gasteiger partial charge in [-0.25, -0.2) is 0 Å². The quantitative estimate of drug-likeness (QED) is 0.0548. The van der Waals surface area contributed by atoms with Crippen molar-refractivity contribution in [1.29, 1.82) is 0 Å². The fraction of sp³-hybridized carbons (Fsp3) is 0.255. The van der Waals surface area contributed by atoms with E-state index in [4.69, 9.17) is 9.47 Å². The summed E-state index contributed by atoms with van der Waals surface area (Å²) in [6.45, 7) is 55.3. The minimum Gasteiger partial charge on any atom is -0.460 e. The van der Waals surface area contributed by atoms with Gasteiger partial charge in [0.1, 0.15) is 19.6 Å². The summed E-state index contributed by atoms with van der Waals surface area (Å²) in [6, 6.07) is 118. The summed E-state index contributed by atoms with van der Waals surface area (Å²) >= 11 is 0. The second-order valence-electron chi connectivity index (χ2n) is 49.5. The summed E-state index contributed by atoms with van der Waals surface area (Å²) in [5.41, 5.74) is 36.5. The first-order valence-corrected chi connectivity index (χ1v) is 52.3. The zero-order valence-electron chi connectivity index (χ0n) is 89.8. The normalized spacial score (nSPS) is 13.1. The van der Waals surface area contributed by atoms with Gasteiger partial charge < -0.3 is 36.9 Å². The number of aromatic nitrogens is 6. The molecular formula is C137H134N6O4. The van der Waals surface area contributed by atoms with Crippen LogP contribution in [0.1, 0.15) is 250 Å². The van der Waals surface area contributed by atoms with Crippen molar-refractivity contribution in [2.24, 2.45) is 0 Å². The van der Waals surface area contributed by atoms with Gasteiger partial charge >= 0.3 is 11.9 Å². The summed E-state index contributed by atoms with van der Waals surface area (Å²) in [5, 5.41) is 14.8. The predicted octanol–water partition coefficient (Wildman–Crippen LogP) is 36.2. The fourth-order valence-electron chi connectivity index (χ4n) is 21.9. The number of hydrogen-bond acceptors (Lipinski definition) is 4. The first-order chi connectivity index (χ1) is 69.7. The molecule has 0 amide bonds. The van der Waals surface area contributed by atoms with Crippen molar-refractivity contribution in [3.8, 4) is 34.1 Å². The molecule has 0 saturated carbocycles. The SMILES string of the molecule is CC(C)(C)c1ccc2c(c1)c1cc(C(C)(C)C)ccc1n2-c1ccc2c(c1)c1cc(-n3c4ccc(C(C)(C)C)cc4c4cc(C(C)(C)C)ccc43)ccc1n2-c1ccc(/C=C/c2ccc(COC(=O)CC(=O)OCc3ccc(/C=C/c4ccc(-n5c6ccc(-n7c8ccc(C(C)(C)C)cc8c8cc(C(C)(C)C)ccc87)cc6c6cc(-n7c8ccc(C(C)(C)C)cc8c8cc(C(C)(C)C)ccc87)ccc65)cc4)cc3)cc2)cc1. The van der Waals surface area contributed by atoms with Gasteiger partial charge in [0, 0.05) is 98.8 Å². The minimum absolute atomic E-state index is 0.0207. The molecule has 22 rings (SSSR count). The van der Waals surface area contributed by atoms with Crippen LogP contribution in [-0.2, 0) is 75.6 Å². The van der Waals surface area contributed by atoms with Gasteiger partial charge in [-0.1, -0.05) is 312 Å². The summed E-state index contributed by atoms with van der Waals surface area (Å²) < 4.78 is 26.1. The number of ether oxygens (including phenoxy) is 2. The average molecular weight is 1930 g/mol. The molecule has 0 N–H and O–H groups in total. The molecule has 0 fully saturated rings. The van der Waals surface area contributed by atoms with Gasteiger partial charge in [-0.2, -0.15) is 0 Å². The van der Waals surface area contributed by atoms with Gasteiger partial charge in [-0.3, -0.25) is 9.59 Å². The maximum atomic E-state index is 13.2. The zero-order chi connectivity index (χ0) is 103. The standard InChI is InChI=1S/C137H134N6O4/c1-130(2,3)90-41-57-116-104(69-90)105-70-91(131(4,5)6)42-58-117(105)140(116)100-53-65-124-112(77-100)113-78-101(141-118-59-43-92(132(7,8)9)71-106(118)107-72-93(133(10,11)12)44-60-119(107)141)54-66-125(113)138(124)98-49-37-86(38-50-98)27-25-84-29-33-88(34-30-84)82-146-128(144)81-129(145)147-83-89-35-31-85(32-36-89)26-28-87-39-51-99(52-40-87)139-126-67-55-102(142-120-61-45-94(134(13,14)15)73-108(120)109-74-95(135(16,17)18)46-62-121(109)142)79-114(126)115-80-103(56-68-127(115)139)143-122-63-47-96(136(19,20)21)75-110(122)111-76-97(137(22,23)24)48-64-123(111)143/h25-80H,81-83H2,1-24H3/b27-25+,28-26+. The van der Waals surface area contributed by atoms with Crippen LogP contribution in [0.4, 0.5) is 0 Å². The molecule has 0 radical (unpaired) electrons. The van der Waals surface area contributed by atoms with E-state index < -0.39 is 18.4 Å². The van der Waals surface area contributed by atoms with Crippen LogP contribution in [0.3, 0.4) is 0 Å². The van der Waals surface area contributed by atoms with E-state index in [0.29, 0.717) is 0 Å². The number of hydrogen-bond donors (Lipinski definition) is 0. The van der Waals surface area contributed by atoms with Crippen molar-refractivity contribution in [2.75, 3.05) is 0 Å². The Labute approximate surface area is 864 Å². The molecule has 6 heterocycles. The second-order valence-corrected chi connectivity index (χ2v) is 49.5. The van der Waals surface area contributed by atoms with Crippen LogP contribution >= 0.6 is 0 Å². The molecule has 0 aliphatic carbocycles. The molecule has 10 heteroatoms. The number of esters is 2. The minimum atomic E-state index is -0.650. The van der Waals surface area contributed by atoms with Crippen molar-refractivity contribution >= 4 is 167 Å². The molecule has 0 unspecified atom stereocenters. The molecule has 10 nitrogen and oxygen atoms in total. The highest BCUT2D eigenvalue weighted by molar-refractivity contribution is 6.18. The molecule has 16 aromatic carbocycles.